The number of hydrogen-bond donors (Lipinski definition) is 0. The Kier molecular flexibility index (Phi) is 6.45. The van der Waals surface area contributed by atoms with E-state index in [0.717, 1.165) is 32.6 Å². The molecule has 2 aliphatic heterocycles. The van der Waals surface area contributed by atoms with Crippen molar-refractivity contribution in [3.63, 3.8) is 0 Å². The van der Waals surface area contributed by atoms with Crippen molar-refractivity contribution in [2.24, 2.45) is 5.92 Å². The average Bonchev–Trinajstić information content (AvgIpc) is 3.01. The fraction of sp³-hybridized carbons (Fsp3) is 0.455. The zero-order chi connectivity index (χ0) is 22.1. The third-order valence-electron chi connectivity index (χ3n) is 5.63. The number of amides is 1. The molecular formula is C22H27N5O2S2. The highest BCUT2D eigenvalue weighted by Crippen LogP contribution is 2.34. The summed E-state index contributed by atoms with van der Waals surface area (Å²) in [7, 11) is 2.09. The molecule has 0 aromatic carbocycles. The van der Waals surface area contributed by atoms with E-state index in [4.69, 9.17) is 17.2 Å². The van der Waals surface area contributed by atoms with Crippen molar-refractivity contribution >= 4 is 51.7 Å². The van der Waals surface area contributed by atoms with E-state index in [-0.39, 0.29) is 11.5 Å². The van der Waals surface area contributed by atoms with Crippen LogP contribution in [0.15, 0.2) is 34.1 Å². The maximum Gasteiger partial charge on any atom is 0.267 e. The molecule has 2 saturated heterocycles. The lowest BCUT2D eigenvalue weighted by molar-refractivity contribution is -0.122. The lowest BCUT2D eigenvalue weighted by atomic mass is 10.1. The summed E-state index contributed by atoms with van der Waals surface area (Å²) in [4.78, 5) is 37.8. The van der Waals surface area contributed by atoms with Crippen LogP contribution in [-0.4, -0.2) is 69.2 Å². The molecule has 164 valence electrons. The van der Waals surface area contributed by atoms with Crippen molar-refractivity contribution in [1.82, 2.24) is 19.2 Å². The molecular weight excluding hydrogens is 430 g/mol. The Balaban J connectivity index is 1.76. The number of fused-ring (bicyclic) bond motifs is 1. The van der Waals surface area contributed by atoms with Crippen molar-refractivity contribution in [3.05, 3.63) is 45.2 Å². The molecule has 4 heterocycles. The molecule has 0 spiro atoms. The molecule has 2 aromatic heterocycles. The Bertz CT molecular complexity index is 1100. The second-order valence-electron chi connectivity index (χ2n) is 8.39. The summed E-state index contributed by atoms with van der Waals surface area (Å²) >= 11 is 6.72. The van der Waals surface area contributed by atoms with Crippen LogP contribution in [0.4, 0.5) is 5.82 Å². The number of likely N-dealkylation sites (N-methyl/N-ethyl adjacent to an activating group) is 1. The number of thioether (sulfide) groups is 1. The molecule has 2 aromatic rings. The van der Waals surface area contributed by atoms with Gasteiger partial charge in [0.05, 0.1) is 10.5 Å². The van der Waals surface area contributed by atoms with Gasteiger partial charge in [-0.1, -0.05) is 43.9 Å². The van der Waals surface area contributed by atoms with Gasteiger partial charge >= 0.3 is 0 Å². The van der Waals surface area contributed by atoms with Crippen molar-refractivity contribution in [3.8, 4) is 0 Å². The van der Waals surface area contributed by atoms with Crippen LogP contribution in [-0.2, 0) is 4.79 Å². The Hall–Kier alpha value is -2.23. The molecule has 0 saturated carbocycles. The van der Waals surface area contributed by atoms with E-state index in [1.165, 1.54) is 16.2 Å². The summed E-state index contributed by atoms with van der Waals surface area (Å²) in [6.45, 7) is 8.19. The lowest BCUT2D eigenvalue weighted by Gasteiger charge is -2.34. The van der Waals surface area contributed by atoms with Gasteiger partial charge in [0.2, 0.25) is 0 Å². The quantitative estimate of drug-likeness (QED) is 0.505. The van der Waals surface area contributed by atoms with Crippen molar-refractivity contribution in [2.75, 3.05) is 44.7 Å². The standard InChI is InChI=1S/C22H27N5O2S2/c1-15(2)7-9-27-21(29)17(31-22(27)30)14-16-19(25-12-10-24(3)11-13-25)23-18-6-4-5-8-26(18)20(16)28/h4-6,8,14-15H,7,9-13H2,1-3H3. The first-order valence-electron chi connectivity index (χ1n) is 10.6. The number of nitrogens with zero attached hydrogens (tertiary/aromatic N) is 5. The van der Waals surface area contributed by atoms with Gasteiger partial charge in [-0.3, -0.25) is 18.9 Å². The number of piperazine rings is 1. The number of thiocarbonyl (C=S) groups is 1. The smallest absolute Gasteiger partial charge is 0.267 e. The highest BCUT2D eigenvalue weighted by atomic mass is 32.2. The molecule has 9 heteroatoms. The molecule has 1 amide bonds. The van der Waals surface area contributed by atoms with Crippen LogP contribution in [0.25, 0.3) is 11.7 Å². The van der Waals surface area contributed by atoms with Crippen LogP contribution < -0.4 is 10.5 Å². The number of pyridine rings is 1. The Labute approximate surface area is 191 Å². The van der Waals surface area contributed by atoms with Crippen LogP contribution in [0.5, 0.6) is 0 Å². The second-order valence-corrected chi connectivity index (χ2v) is 10.1. The number of aromatic nitrogens is 2. The summed E-state index contributed by atoms with van der Waals surface area (Å²) in [6, 6.07) is 5.51. The largest absolute Gasteiger partial charge is 0.353 e. The molecule has 4 rings (SSSR count). The third-order valence-corrected chi connectivity index (χ3v) is 7.01. The van der Waals surface area contributed by atoms with Gasteiger partial charge in [0.15, 0.2) is 0 Å². The van der Waals surface area contributed by atoms with E-state index < -0.39 is 0 Å². The van der Waals surface area contributed by atoms with Gasteiger partial charge in [-0.25, -0.2) is 4.98 Å². The molecule has 7 nitrogen and oxygen atoms in total. The minimum absolute atomic E-state index is 0.127. The number of hydrogen-bond acceptors (Lipinski definition) is 7. The fourth-order valence-corrected chi connectivity index (χ4v) is 4.98. The number of anilines is 1. The summed E-state index contributed by atoms with van der Waals surface area (Å²) in [5.74, 6) is 0.987. The van der Waals surface area contributed by atoms with E-state index in [0.29, 0.717) is 38.7 Å². The molecule has 0 aliphatic carbocycles. The summed E-state index contributed by atoms with van der Waals surface area (Å²) < 4.78 is 2.08. The number of carbonyl (C=O) groups excluding carboxylic acids is 1. The zero-order valence-electron chi connectivity index (χ0n) is 18.1. The molecule has 0 atom stereocenters. The topological polar surface area (TPSA) is 61.2 Å². The summed E-state index contributed by atoms with van der Waals surface area (Å²) in [6.07, 6.45) is 4.28. The highest BCUT2D eigenvalue weighted by molar-refractivity contribution is 8.26. The molecule has 0 unspecified atom stereocenters. The van der Waals surface area contributed by atoms with Gasteiger partial charge < -0.3 is 9.80 Å². The summed E-state index contributed by atoms with van der Waals surface area (Å²) in [5, 5.41) is 0. The van der Waals surface area contributed by atoms with Crippen LogP contribution in [0.2, 0.25) is 0 Å². The van der Waals surface area contributed by atoms with Gasteiger partial charge in [0, 0.05) is 38.9 Å². The van der Waals surface area contributed by atoms with E-state index in [2.05, 4.69) is 30.7 Å². The van der Waals surface area contributed by atoms with E-state index in [9.17, 15) is 9.59 Å². The molecule has 0 radical (unpaired) electrons. The van der Waals surface area contributed by atoms with E-state index in [1.54, 1.807) is 23.2 Å². The minimum atomic E-state index is -0.174. The summed E-state index contributed by atoms with van der Waals surface area (Å²) in [5.41, 5.74) is 0.868. The third kappa shape index (κ3) is 4.53. The van der Waals surface area contributed by atoms with Crippen molar-refractivity contribution < 1.29 is 4.79 Å². The average molecular weight is 458 g/mol. The normalized spacial score (nSPS) is 19.4. The van der Waals surface area contributed by atoms with Crippen molar-refractivity contribution in [2.45, 2.75) is 20.3 Å². The molecule has 2 fully saturated rings. The lowest BCUT2D eigenvalue weighted by Crippen LogP contribution is -2.45. The molecule has 31 heavy (non-hydrogen) atoms. The van der Waals surface area contributed by atoms with Crippen LogP contribution >= 0.6 is 24.0 Å². The maximum absolute atomic E-state index is 13.4. The first-order chi connectivity index (χ1) is 14.8. The monoisotopic (exact) mass is 457 g/mol. The van der Waals surface area contributed by atoms with Gasteiger partial charge in [-0.15, -0.1) is 0 Å². The second kappa shape index (κ2) is 9.10. The zero-order valence-corrected chi connectivity index (χ0v) is 19.7. The molecule has 0 N–H and O–H groups in total. The minimum Gasteiger partial charge on any atom is -0.353 e. The Morgan fingerprint density at radius 2 is 1.94 bits per heavy atom. The highest BCUT2D eigenvalue weighted by Gasteiger charge is 2.33. The SMILES string of the molecule is CC(C)CCN1C(=O)C(=Cc2c(N3CCN(C)CC3)nc3ccccn3c2=O)SC1=S. The Morgan fingerprint density at radius 1 is 1.19 bits per heavy atom. The van der Waals surface area contributed by atoms with Gasteiger partial charge in [-0.2, -0.15) is 0 Å². The Morgan fingerprint density at radius 3 is 2.65 bits per heavy atom. The van der Waals surface area contributed by atoms with E-state index >= 15 is 0 Å². The van der Waals surface area contributed by atoms with Crippen LogP contribution in [0.1, 0.15) is 25.8 Å². The molecule has 0 bridgehead atoms. The van der Waals surface area contributed by atoms with E-state index in [1.807, 2.05) is 12.1 Å². The van der Waals surface area contributed by atoms with Crippen LogP contribution in [0.3, 0.4) is 0 Å². The number of carbonyl (C=O) groups is 1. The predicted molar refractivity (Wildman–Crippen MR) is 131 cm³/mol. The maximum atomic E-state index is 13.4. The predicted octanol–water partition coefficient (Wildman–Crippen LogP) is 2.69. The number of rotatable bonds is 5. The molecule has 2 aliphatic rings. The van der Waals surface area contributed by atoms with Gasteiger partial charge in [0.1, 0.15) is 15.8 Å². The van der Waals surface area contributed by atoms with Gasteiger partial charge in [-0.05, 0) is 37.6 Å². The van der Waals surface area contributed by atoms with Crippen LogP contribution in [0, 0.1) is 5.92 Å². The fourth-order valence-electron chi connectivity index (χ4n) is 3.69. The first kappa shape index (κ1) is 22.0. The van der Waals surface area contributed by atoms with Gasteiger partial charge in [0.25, 0.3) is 11.5 Å². The van der Waals surface area contributed by atoms with Crippen molar-refractivity contribution in [1.29, 1.82) is 0 Å². The first-order valence-corrected chi connectivity index (χ1v) is 11.8.